The van der Waals surface area contributed by atoms with Crippen molar-refractivity contribution in [1.82, 2.24) is 4.90 Å². The van der Waals surface area contributed by atoms with E-state index in [1.54, 1.807) is 23.1 Å². The van der Waals surface area contributed by atoms with Crippen LogP contribution in [0.5, 0.6) is 0 Å². The molecule has 0 aliphatic carbocycles. The number of carboxylic acid groups (broad SMARTS) is 1. The molecule has 1 aliphatic rings. The lowest BCUT2D eigenvalue weighted by Crippen LogP contribution is -2.49. The number of rotatable bonds is 3. The Bertz CT molecular complexity index is 808. The topological polar surface area (TPSA) is 63.7 Å². The predicted octanol–water partition coefficient (Wildman–Crippen LogP) is 1.63. The summed E-state index contributed by atoms with van der Waals surface area (Å²) >= 11 is 0. The molecule has 1 saturated heterocycles. The van der Waals surface area contributed by atoms with Crippen molar-refractivity contribution in [2.24, 2.45) is 0 Å². The number of carboxylic acids is 1. The Labute approximate surface area is 147 Å². The van der Waals surface area contributed by atoms with E-state index in [0.29, 0.717) is 13.1 Å². The molecule has 1 heterocycles. The van der Waals surface area contributed by atoms with Crippen LogP contribution in [0, 0.1) is 13.8 Å². The van der Waals surface area contributed by atoms with Gasteiger partial charge in [-0.05, 0) is 31.5 Å². The van der Waals surface area contributed by atoms with Gasteiger partial charge in [0.15, 0.2) is 0 Å². The zero-order valence-corrected chi connectivity index (χ0v) is 14.5. The zero-order chi connectivity index (χ0) is 18.0. The Hall–Kier alpha value is -2.82. The van der Waals surface area contributed by atoms with Gasteiger partial charge in [-0.15, -0.1) is 0 Å². The largest absolute Gasteiger partial charge is 0.545 e. The molecule has 0 unspecified atom stereocenters. The SMILES string of the molecule is Cc1ccc(N2CCN(C(=O)c3ccccc3C(=O)[O-])CC2)c(C)c1. The monoisotopic (exact) mass is 337 g/mol. The molecule has 1 aliphatic heterocycles. The molecule has 2 aromatic rings. The third-order valence-corrected chi connectivity index (χ3v) is 4.64. The molecule has 0 saturated carbocycles. The minimum absolute atomic E-state index is 0.0516. The molecule has 3 rings (SSSR count). The van der Waals surface area contributed by atoms with Crippen molar-refractivity contribution in [1.29, 1.82) is 0 Å². The first-order chi connectivity index (χ1) is 12.0. The Kier molecular flexibility index (Phi) is 4.74. The first-order valence-electron chi connectivity index (χ1n) is 8.39. The van der Waals surface area contributed by atoms with Gasteiger partial charge in [0.25, 0.3) is 5.91 Å². The van der Waals surface area contributed by atoms with Gasteiger partial charge in [0.05, 0.1) is 5.97 Å². The minimum atomic E-state index is -1.32. The fourth-order valence-electron chi connectivity index (χ4n) is 3.33. The van der Waals surface area contributed by atoms with Crippen LogP contribution in [-0.2, 0) is 0 Å². The van der Waals surface area contributed by atoms with Crippen molar-refractivity contribution < 1.29 is 14.7 Å². The molecule has 0 spiro atoms. The third kappa shape index (κ3) is 3.50. The summed E-state index contributed by atoms with van der Waals surface area (Å²) in [6, 6.07) is 12.6. The normalized spacial score (nSPS) is 14.5. The number of hydrogen-bond donors (Lipinski definition) is 0. The molecule has 5 heteroatoms. The maximum absolute atomic E-state index is 12.7. The van der Waals surface area contributed by atoms with E-state index in [1.807, 2.05) is 0 Å². The summed E-state index contributed by atoms with van der Waals surface area (Å²) in [6.07, 6.45) is 0. The molecule has 0 bridgehead atoms. The minimum Gasteiger partial charge on any atom is -0.545 e. The van der Waals surface area contributed by atoms with E-state index in [9.17, 15) is 14.7 Å². The van der Waals surface area contributed by atoms with E-state index in [0.717, 1.165) is 13.1 Å². The van der Waals surface area contributed by atoms with E-state index in [4.69, 9.17) is 0 Å². The Morgan fingerprint density at radius 2 is 1.56 bits per heavy atom. The standard InChI is InChI=1S/C20H22N2O3/c1-14-7-8-18(15(2)13-14)21-9-11-22(12-10-21)19(23)16-5-3-4-6-17(16)20(24)25/h3-8,13H,9-12H2,1-2H3,(H,24,25)/p-1. The highest BCUT2D eigenvalue weighted by Gasteiger charge is 2.24. The van der Waals surface area contributed by atoms with Crippen LogP contribution in [-0.4, -0.2) is 43.0 Å². The lowest BCUT2D eigenvalue weighted by molar-refractivity contribution is -0.255. The zero-order valence-electron chi connectivity index (χ0n) is 14.5. The van der Waals surface area contributed by atoms with Crippen LogP contribution in [0.1, 0.15) is 31.8 Å². The lowest BCUT2D eigenvalue weighted by Gasteiger charge is -2.37. The highest BCUT2D eigenvalue weighted by molar-refractivity contribution is 6.04. The first-order valence-corrected chi connectivity index (χ1v) is 8.39. The Balaban J connectivity index is 1.72. The number of nitrogens with zero attached hydrogens (tertiary/aromatic N) is 2. The smallest absolute Gasteiger partial charge is 0.254 e. The first kappa shape index (κ1) is 17.0. The summed E-state index contributed by atoms with van der Waals surface area (Å²) in [5.74, 6) is -1.57. The second kappa shape index (κ2) is 6.97. The van der Waals surface area contributed by atoms with Gasteiger partial charge < -0.3 is 19.7 Å². The number of aromatic carboxylic acids is 1. The van der Waals surface area contributed by atoms with Crippen LogP contribution < -0.4 is 10.0 Å². The summed E-state index contributed by atoms with van der Waals surface area (Å²) < 4.78 is 0. The highest BCUT2D eigenvalue weighted by Crippen LogP contribution is 2.23. The maximum Gasteiger partial charge on any atom is 0.254 e. The van der Waals surface area contributed by atoms with Gasteiger partial charge >= 0.3 is 0 Å². The van der Waals surface area contributed by atoms with Gasteiger partial charge in [-0.25, -0.2) is 0 Å². The van der Waals surface area contributed by atoms with Crippen LogP contribution in [0.25, 0.3) is 0 Å². The average molecular weight is 337 g/mol. The van der Waals surface area contributed by atoms with E-state index >= 15 is 0 Å². The number of piperazine rings is 1. The van der Waals surface area contributed by atoms with Gasteiger partial charge in [-0.1, -0.05) is 35.9 Å². The molecular weight excluding hydrogens is 316 g/mol. The van der Waals surface area contributed by atoms with Crippen LogP contribution in [0.3, 0.4) is 0 Å². The number of anilines is 1. The number of benzene rings is 2. The Morgan fingerprint density at radius 1 is 0.920 bits per heavy atom. The van der Waals surface area contributed by atoms with Crippen LogP contribution >= 0.6 is 0 Å². The summed E-state index contributed by atoms with van der Waals surface area (Å²) in [7, 11) is 0. The van der Waals surface area contributed by atoms with Crippen molar-refractivity contribution in [2.75, 3.05) is 31.1 Å². The molecular formula is C20H21N2O3-. The second-order valence-corrected chi connectivity index (χ2v) is 6.40. The van der Waals surface area contributed by atoms with Crippen molar-refractivity contribution in [3.05, 3.63) is 64.7 Å². The number of amides is 1. The van der Waals surface area contributed by atoms with Crippen LogP contribution in [0.4, 0.5) is 5.69 Å². The molecule has 5 nitrogen and oxygen atoms in total. The summed E-state index contributed by atoms with van der Waals surface area (Å²) in [6.45, 7) is 6.74. The van der Waals surface area contributed by atoms with E-state index < -0.39 is 5.97 Å². The van der Waals surface area contributed by atoms with Gasteiger partial charge in [-0.3, -0.25) is 4.79 Å². The fourth-order valence-corrected chi connectivity index (χ4v) is 3.33. The van der Waals surface area contributed by atoms with E-state index in [-0.39, 0.29) is 17.0 Å². The second-order valence-electron chi connectivity index (χ2n) is 6.40. The van der Waals surface area contributed by atoms with Crippen LogP contribution in [0.15, 0.2) is 42.5 Å². The molecule has 1 amide bonds. The highest BCUT2D eigenvalue weighted by atomic mass is 16.4. The van der Waals surface area contributed by atoms with Crippen molar-refractivity contribution in [3.63, 3.8) is 0 Å². The molecule has 0 radical (unpaired) electrons. The summed E-state index contributed by atoms with van der Waals surface area (Å²) in [4.78, 5) is 27.9. The average Bonchev–Trinajstić information content (AvgIpc) is 2.61. The predicted molar refractivity (Wildman–Crippen MR) is 94.8 cm³/mol. The molecule has 1 fully saturated rings. The van der Waals surface area contributed by atoms with Gasteiger partial charge in [-0.2, -0.15) is 0 Å². The number of carbonyl (C=O) groups is 2. The number of aryl methyl sites for hydroxylation is 2. The maximum atomic E-state index is 12.7. The molecule has 0 aromatic heterocycles. The quantitative estimate of drug-likeness (QED) is 0.854. The molecule has 130 valence electrons. The van der Waals surface area contributed by atoms with E-state index in [2.05, 4.69) is 36.9 Å². The number of hydrogen-bond acceptors (Lipinski definition) is 4. The molecule has 25 heavy (non-hydrogen) atoms. The summed E-state index contributed by atoms with van der Waals surface area (Å²) in [5.41, 5.74) is 3.79. The van der Waals surface area contributed by atoms with Crippen molar-refractivity contribution in [2.45, 2.75) is 13.8 Å². The van der Waals surface area contributed by atoms with Crippen LogP contribution in [0.2, 0.25) is 0 Å². The van der Waals surface area contributed by atoms with Gasteiger partial charge in [0.1, 0.15) is 0 Å². The fraction of sp³-hybridized carbons (Fsp3) is 0.300. The summed E-state index contributed by atoms with van der Waals surface area (Å²) in [5, 5.41) is 11.2. The van der Waals surface area contributed by atoms with Crippen molar-refractivity contribution >= 4 is 17.6 Å². The molecule has 2 aromatic carbocycles. The molecule has 0 atom stereocenters. The van der Waals surface area contributed by atoms with Gasteiger partial charge in [0, 0.05) is 43.0 Å². The van der Waals surface area contributed by atoms with Gasteiger partial charge in [0.2, 0.25) is 0 Å². The number of carbonyl (C=O) groups excluding carboxylic acids is 2. The van der Waals surface area contributed by atoms with E-state index in [1.165, 1.54) is 22.9 Å². The lowest BCUT2D eigenvalue weighted by atomic mass is 10.1. The Morgan fingerprint density at radius 3 is 2.16 bits per heavy atom. The molecule has 0 N–H and O–H groups in total. The van der Waals surface area contributed by atoms with Crippen molar-refractivity contribution in [3.8, 4) is 0 Å². The third-order valence-electron chi connectivity index (χ3n) is 4.64.